The Morgan fingerprint density at radius 1 is 0.970 bits per heavy atom. The Morgan fingerprint density at radius 2 is 1.82 bits per heavy atom. The number of aromatic carboxylic acids is 1. The lowest BCUT2D eigenvalue weighted by Gasteiger charge is -2.13. The highest BCUT2D eigenvalue weighted by Crippen LogP contribution is 2.25. The summed E-state index contributed by atoms with van der Waals surface area (Å²) in [6.07, 6.45) is 6.12. The number of anilines is 1. The number of nitrogens with zero attached hydrogens (tertiary/aromatic N) is 4. The summed E-state index contributed by atoms with van der Waals surface area (Å²) in [4.78, 5) is 19.8. The monoisotopic (exact) mass is 459 g/mol. The third kappa shape index (κ3) is 3.83. The highest BCUT2D eigenvalue weighted by Gasteiger charge is 2.20. The van der Waals surface area contributed by atoms with Crippen molar-refractivity contribution >= 4 is 32.7 Å². The van der Waals surface area contributed by atoms with Gasteiger partial charge in [0.1, 0.15) is 6.33 Å². The first kappa shape index (κ1) is 20.5. The Balaban J connectivity index is 1.51. The molecule has 2 N–H and O–H groups in total. The lowest BCUT2D eigenvalue weighted by molar-refractivity contribution is 0.0696. The van der Waals surface area contributed by atoms with Crippen LogP contribution < -0.4 is 4.72 Å². The maximum absolute atomic E-state index is 13.1. The molecule has 9 nitrogen and oxygen atoms in total. The van der Waals surface area contributed by atoms with Crippen molar-refractivity contribution in [2.24, 2.45) is 0 Å². The van der Waals surface area contributed by atoms with E-state index in [4.69, 9.17) is 0 Å². The van der Waals surface area contributed by atoms with Crippen LogP contribution in [0.4, 0.5) is 5.69 Å². The molecule has 0 aliphatic rings. The molecule has 0 bridgehead atoms. The van der Waals surface area contributed by atoms with Crippen LogP contribution >= 0.6 is 0 Å². The Morgan fingerprint density at radius 3 is 2.61 bits per heavy atom. The number of hydrogen-bond acceptors (Lipinski definition) is 5. The molecule has 0 atom stereocenters. The molecular weight excluding hydrogens is 442 g/mol. The zero-order chi connectivity index (χ0) is 23.0. The predicted molar refractivity (Wildman–Crippen MR) is 122 cm³/mol. The van der Waals surface area contributed by atoms with E-state index in [0.29, 0.717) is 5.69 Å². The van der Waals surface area contributed by atoms with Gasteiger partial charge in [-0.3, -0.25) is 9.29 Å². The Kier molecular flexibility index (Phi) is 4.91. The van der Waals surface area contributed by atoms with Crippen molar-refractivity contribution in [1.29, 1.82) is 0 Å². The number of para-hydroxylation sites is 2. The van der Waals surface area contributed by atoms with Crippen molar-refractivity contribution in [2.75, 3.05) is 4.72 Å². The van der Waals surface area contributed by atoms with E-state index in [1.807, 2.05) is 34.9 Å². The van der Waals surface area contributed by atoms with Crippen LogP contribution in [0.25, 0.3) is 22.4 Å². The number of fused-ring (bicyclic) bond motifs is 1. The van der Waals surface area contributed by atoms with Crippen molar-refractivity contribution < 1.29 is 18.3 Å². The molecule has 0 aliphatic heterocycles. The third-order valence-electron chi connectivity index (χ3n) is 5.12. The van der Waals surface area contributed by atoms with Crippen molar-refractivity contribution in [2.45, 2.75) is 4.90 Å². The lowest BCUT2D eigenvalue weighted by Crippen LogP contribution is -2.15. The van der Waals surface area contributed by atoms with Crippen LogP contribution in [-0.2, 0) is 10.0 Å². The van der Waals surface area contributed by atoms with E-state index >= 15 is 0 Å². The summed E-state index contributed by atoms with van der Waals surface area (Å²) in [5.41, 5.74) is 2.98. The average molecular weight is 459 g/mol. The lowest BCUT2D eigenvalue weighted by atomic mass is 10.2. The molecular formula is C23H17N5O4S. The first-order chi connectivity index (χ1) is 15.9. The van der Waals surface area contributed by atoms with E-state index in [-0.39, 0.29) is 16.1 Å². The second-order valence-electron chi connectivity index (χ2n) is 7.21. The molecule has 3 aromatic carbocycles. The maximum Gasteiger partial charge on any atom is 0.337 e. The number of nitrogens with one attached hydrogen (secondary N) is 1. The van der Waals surface area contributed by atoms with Gasteiger partial charge in [0.15, 0.2) is 0 Å². The molecule has 10 heteroatoms. The van der Waals surface area contributed by atoms with Gasteiger partial charge in [-0.05, 0) is 48.5 Å². The smallest absolute Gasteiger partial charge is 0.337 e. The molecule has 5 rings (SSSR count). The molecule has 164 valence electrons. The van der Waals surface area contributed by atoms with Gasteiger partial charge < -0.3 is 9.67 Å². The Labute approximate surface area is 188 Å². The van der Waals surface area contributed by atoms with Gasteiger partial charge in [0.05, 0.1) is 39.2 Å². The van der Waals surface area contributed by atoms with Crippen LogP contribution in [0.5, 0.6) is 0 Å². The molecule has 0 amide bonds. The van der Waals surface area contributed by atoms with E-state index in [2.05, 4.69) is 14.7 Å². The summed E-state index contributed by atoms with van der Waals surface area (Å²) in [7, 11) is -4.00. The van der Waals surface area contributed by atoms with Crippen LogP contribution in [-0.4, -0.2) is 38.6 Å². The molecule has 0 spiro atoms. The summed E-state index contributed by atoms with van der Waals surface area (Å²) < 4.78 is 32.1. The van der Waals surface area contributed by atoms with Gasteiger partial charge in [-0.25, -0.2) is 23.2 Å². The minimum absolute atomic E-state index is 0.0408. The number of sulfonamides is 1. The van der Waals surface area contributed by atoms with Crippen LogP contribution in [0.15, 0.2) is 96.7 Å². The van der Waals surface area contributed by atoms with Gasteiger partial charge in [-0.15, -0.1) is 0 Å². The number of benzene rings is 3. The number of carboxylic acid groups (broad SMARTS) is 1. The van der Waals surface area contributed by atoms with E-state index in [0.717, 1.165) is 16.7 Å². The fourth-order valence-corrected chi connectivity index (χ4v) is 4.64. The molecule has 0 saturated heterocycles. The van der Waals surface area contributed by atoms with Gasteiger partial charge >= 0.3 is 5.97 Å². The van der Waals surface area contributed by atoms with E-state index < -0.39 is 16.0 Å². The molecule has 2 aromatic heterocycles. The summed E-state index contributed by atoms with van der Waals surface area (Å²) in [6.45, 7) is 0. The number of aromatic nitrogens is 4. The van der Waals surface area contributed by atoms with Gasteiger partial charge in [0.25, 0.3) is 10.0 Å². The van der Waals surface area contributed by atoms with Crippen molar-refractivity contribution in [3.63, 3.8) is 0 Å². The van der Waals surface area contributed by atoms with Crippen molar-refractivity contribution in [1.82, 2.24) is 19.1 Å². The van der Waals surface area contributed by atoms with Crippen molar-refractivity contribution in [3.05, 3.63) is 97.3 Å². The molecule has 33 heavy (non-hydrogen) atoms. The van der Waals surface area contributed by atoms with Crippen LogP contribution in [0.1, 0.15) is 10.4 Å². The van der Waals surface area contributed by atoms with E-state index in [1.165, 1.54) is 35.3 Å². The largest absolute Gasteiger partial charge is 0.478 e. The second kappa shape index (κ2) is 7.92. The number of rotatable bonds is 6. The zero-order valence-electron chi connectivity index (χ0n) is 17.0. The summed E-state index contributed by atoms with van der Waals surface area (Å²) in [6, 6.07) is 18.4. The molecule has 0 aliphatic carbocycles. The SMILES string of the molecule is O=C(O)c1ccc(S(=O)(=O)Nc2cccc(-n3cnc4ccccc43)c2)cc1-n1ccnc1. The van der Waals surface area contributed by atoms with Crippen LogP contribution in [0, 0.1) is 0 Å². The molecule has 0 radical (unpaired) electrons. The quantitative estimate of drug-likeness (QED) is 0.400. The summed E-state index contributed by atoms with van der Waals surface area (Å²) in [5, 5.41) is 9.48. The minimum atomic E-state index is -4.00. The van der Waals surface area contributed by atoms with Crippen LogP contribution in [0.2, 0.25) is 0 Å². The van der Waals surface area contributed by atoms with Gasteiger partial charge in [-0.2, -0.15) is 0 Å². The number of imidazole rings is 2. The number of carboxylic acids is 1. The third-order valence-corrected chi connectivity index (χ3v) is 6.50. The molecule has 0 saturated carbocycles. The van der Waals surface area contributed by atoms with E-state index in [9.17, 15) is 18.3 Å². The van der Waals surface area contributed by atoms with Crippen LogP contribution in [0.3, 0.4) is 0 Å². The highest BCUT2D eigenvalue weighted by molar-refractivity contribution is 7.92. The zero-order valence-corrected chi connectivity index (χ0v) is 17.8. The summed E-state index contributed by atoms with van der Waals surface area (Å²) in [5.74, 6) is -1.17. The van der Waals surface area contributed by atoms with Gasteiger partial charge in [0.2, 0.25) is 0 Å². The van der Waals surface area contributed by atoms with Gasteiger partial charge in [0, 0.05) is 18.1 Å². The number of carbonyl (C=O) groups is 1. The first-order valence-electron chi connectivity index (χ1n) is 9.83. The Hall–Kier alpha value is -4.44. The second-order valence-corrected chi connectivity index (χ2v) is 8.90. The molecule has 0 unspecified atom stereocenters. The molecule has 2 heterocycles. The van der Waals surface area contributed by atoms with Crippen molar-refractivity contribution in [3.8, 4) is 11.4 Å². The first-order valence-corrected chi connectivity index (χ1v) is 11.3. The predicted octanol–water partition coefficient (Wildman–Crippen LogP) is 3.71. The number of hydrogen-bond donors (Lipinski definition) is 2. The van der Waals surface area contributed by atoms with Gasteiger partial charge in [-0.1, -0.05) is 18.2 Å². The molecule has 0 fully saturated rings. The Bertz CT molecular complexity index is 1590. The maximum atomic E-state index is 13.1. The topological polar surface area (TPSA) is 119 Å². The summed E-state index contributed by atoms with van der Waals surface area (Å²) >= 11 is 0. The fraction of sp³-hybridized carbons (Fsp3) is 0. The fourth-order valence-electron chi connectivity index (χ4n) is 3.57. The minimum Gasteiger partial charge on any atom is -0.478 e. The normalized spacial score (nSPS) is 11.5. The standard InChI is InChI=1S/C23H17N5O4S/c29-23(30)19-9-8-18(13-22(19)27-11-10-24-14-27)33(31,32)26-16-4-3-5-17(12-16)28-15-25-20-6-1-2-7-21(20)28/h1-15,26H,(H,29,30). The molecule has 5 aromatic rings. The highest BCUT2D eigenvalue weighted by atomic mass is 32.2. The average Bonchev–Trinajstić information content (AvgIpc) is 3.49. The van der Waals surface area contributed by atoms with E-state index in [1.54, 1.807) is 30.7 Å².